The molecule has 0 aliphatic rings. The Morgan fingerprint density at radius 3 is 2.00 bits per heavy atom. The van der Waals surface area contributed by atoms with E-state index in [4.69, 9.17) is 0 Å². The van der Waals surface area contributed by atoms with E-state index in [-0.39, 0.29) is 0 Å². The first-order chi connectivity index (χ1) is 7.04. The highest BCUT2D eigenvalue weighted by Gasteiger charge is 2.38. The average molecular weight is 250 g/mol. The maximum Gasteiger partial charge on any atom is 0.422 e. The minimum atomic E-state index is -4.93. The summed E-state index contributed by atoms with van der Waals surface area (Å²) in [4.78, 5) is 10.6. The molecule has 0 unspecified atom stereocenters. The van der Waals surface area contributed by atoms with Crippen LogP contribution >= 0.6 is 0 Å². The van der Waals surface area contributed by atoms with E-state index < -0.39 is 43.3 Å². The third-order valence-electron chi connectivity index (χ3n) is 1.43. The fraction of sp³-hybridized carbons (Fsp3) is 0.625. The Kier molecular flexibility index (Phi) is 4.82. The molecule has 94 valence electrons. The second-order valence-electron chi connectivity index (χ2n) is 2.83. The van der Waals surface area contributed by atoms with E-state index in [9.17, 15) is 31.1 Å². The van der Waals surface area contributed by atoms with Crippen molar-refractivity contribution in [3.8, 4) is 0 Å². The van der Waals surface area contributed by atoms with Gasteiger partial charge in [0.15, 0.2) is 0 Å². The Balaban J connectivity index is 3.88. The Morgan fingerprint density at radius 2 is 1.62 bits per heavy atom. The van der Waals surface area contributed by atoms with Crippen molar-refractivity contribution in [2.24, 2.45) is 0 Å². The van der Waals surface area contributed by atoms with Gasteiger partial charge in [-0.2, -0.15) is 26.3 Å². The molecule has 0 aromatic heterocycles. The van der Waals surface area contributed by atoms with Crippen LogP contribution in [-0.2, 0) is 9.53 Å². The molecule has 0 saturated carbocycles. The van der Waals surface area contributed by atoms with E-state index in [1.54, 1.807) is 0 Å². The number of hydrogen-bond acceptors (Lipinski definition) is 2. The van der Waals surface area contributed by atoms with Gasteiger partial charge in [0.05, 0.1) is 6.61 Å². The topological polar surface area (TPSA) is 26.3 Å². The lowest BCUT2D eigenvalue weighted by Gasteiger charge is -2.10. The van der Waals surface area contributed by atoms with Gasteiger partial charge in [-0.25, -0.2) is 4.79 Å². The number of rotatable bonds is 4. The van der Waals surface area contributed by atoms with Gasteiger partial charge < -0.3 is 4.74 Å². The Labute approximate surface area is 86.9 Å². The molecule has 0 aliphatic carbocycles. The van der Waals surface area contributed by atoms with E-state index in [0.717, 1.165) is 0 Å². The number of carbonyl (C=O) groups excluding carboxylic acids is 1. The minimum absolute atomic E-state index is 0.583. The highest BCUT2D eigenvalue weighted by Crippen LogP contribution is 2.25. The van der Waals surface area contributed by atoms with Gasteiger partial charge in [0.25, 0.3) is 0 Å². The Bertz CT molecular complexity index is 265. The molecular formula is C8H8F6O2. The molecule has 0 rings (SSSR count). The summed E-state index contributed by atoms with van der Waals surface area (Å²) < 4.78 is 74.2. The Hall–Kier alpha value is -1.21. The van der Waals surface area contributed by atoms with Gasteiger partial charge in [-0.3, -0.25) is 0 Å². The molecule has 0 N–H and O–H groups in total. The second kappa shape index (κ2) is 5.22. The number of hydrogen-bond donors (Lipinski definition) is 0. The van der Waals surface area contributed by atoms with Crippen molar-refractivity contribution in [3.05, 3.63) is 12.2 Å². The van der Waals surface area contributed by atoms with Crippen molar-refractivity contribution in [1.29, 1.82) is 0 Å². The van der Waals surface area contributed by atoms with Crippen LogP contribution in [0.2, 0.25) is 0 Å². The fourth-order valence-corrected chi connectivity index (χ4v) is 0.640. The molecule has 2 nitrogen and oxygen atoms in total. The first kappa shape index (κ1) is 14.8. The number of carbonyl (C=O) groups is 1. The molecule has 0 spiro atoms. The first-order valence-electron chi connectivity index (χ1n) is 4.04. The SMILES string of the molecule is C=C(C(=O)OCCCC(F)(F)F)C(F)(F)F. The van der Waals surface area contributed by atoms with Crippen LogP contribution in [0.3, 0.4) is 0 Å². The third kappa shape index (κ3) is 6.31. The molecule has 16 heavy (non-hydrogen) atoms. The van der Waals surface area contributed by atoms with E-state index in [0.29, 0.717) is 0 Å². The molecule has 8 heteroatoms. The largest absolute Gasteiger partial charge is 0.462 e. The quantitative estimate of drug-likeness (QED) is 0.332. The summed E-state index contributed by atoms with van der Waals surface area (Å²) in [6.45, 7) is 1.70. The van der Waals surface area contributed by atoms with E-state index in [1.165, 1.54) is 0 Å². The normalized spacial score (nSPS) is 12.4. The van der Waals surface area contributed by atoms with Gasteiger partial charge >= 0.3 is 18.3 Å². The smallest absolute Gasteiger partial charge is 0.422 e. The van der Waals surface area contributed by atoms with Crippen molar-refractivity contribution in [3.63, 3.8) is 0 Å². The van der Waals surface area contributed by atoms with Gasteiger partial charge in [-0.05, 0) is 6.42 Å². The molecule has 0 atom stereocenters. The summed E-state index contributed by atoms with van der Waals surface area (Å²) in [5.74, 6) is -1.75. The zero-order valence-corrected chi connectivity index (χ0v) is 7.91. The van der Waals surface area contributed by atoms with Crippen LogP contribution < -0.4 is 0 Å². The zero-order chi connectivity index (χ0) is 13.0. The minimum Gasteiger partial charge on any atom is -0.462 e. The Morgan fingerprint density at radius 1 is 1.12 bits per heavy atom. The molecule has 0 heterocycles. The second-order valence-corrected chi connectivity index (χ2v) is 2.83. The summed E-state index contributed by atoms with van der Waals surface area (Å²) in [6, 6.07) is 0. The van der Waals surface area contributed by atoms with Gasteiger partial charge in [0.2, 0.25) is 0 Å². The molecular weight excluding hydrogens is 242 g/mol. The summed E-state index contributed by atoms with van der Waals surface area (Å²) in [7, 11) is 0. The standard InChI is InChI=1S/C8H8F6O2/c1-5(8(12,13)14)6(15)16-4-2-3-7(9,10)11/h1-4H2. The molecule has 0 aromatic carbocycles. The predicted octanol–water partition coefficient (Wildman–Crippen LogP) is 2.99. The molecule has 0 aromatic rings. The zero-order valence-electron chi connectivity index (χ0n) is 7.91. The monoisotopic (exact) mass is 250 g/mol. The highest BCUT2D eigenvalue weighted by atomic mass is 19.4. The lowest BCUT2D eigenvalue weighted by molar-refractivity contribution is -0.155. The van der Waals surface area contributed by atoms with Gasteiger partial charge in [-0.1, -0.05) is 6.58 Å². The molecule has 0 aliphatic heterocycles. The maximum atomic E-state index is 11.8. The number of halogens is 6. The van der Waals surface area contributed by atoms with Gasteiger partial charge in [0.1, 0.15) is 5.57 Å². The van der Waals surface area contributed by atoms with Crippen LogP contribution in [0.15, 0.2) is 12.2 Å². The van der Waals surface area contributed by atoms with Crippen LogP contribution in [0, 0.1) is 0 Å². The predicted molar refractivity (Wildman–Crippen MR) is 41.4 cm³/mol. The summed E-state index contributed by atoms with van der Waals surface area (Å²) in [5, 5.41) is 0. The van der Waals surface area contributed by atoms with Crippen molar-refractivity contribution < 1.29 is 35.9 Å². The van der Waals surface area contributed by atoms with Crippen LogP contribution in [0.25, 0.3) is 0 Å². The van der Waals surface area contributed by atoms with E-state index >= 15 is 0 Å². The molecule has 0 radical (unpaired) electrons. The van der Waals surface area contributed by atoms with Crippen molar-refractivity contribution in [2.45, 2.75) is 25.2 Å². The van der Waals surface area contributed by atoms with E-state index in [2.05, 4.69) is 11.3 Å². The van der Waals surface area contributed by atoms with Crippen LogP contribution in [-0.4, -0.2) is 24.9 Å². The number of esters is 1. The van der Waals surface area contributed by atoms with Crippen LogP contribution in [0.5, 0.6) is 0 Å². The third-order valence-corrected chi connectivity index (χ3v) is 1.43. The van der Waals surface area contributed by atoms with Crippen LogP contribution in [0.1, 0.15) is 12.8 Å². The number of ether oxygens (including phenoxy) is 1. The van der Waals surface area contributed by atoms with Gasteiger partial charge in [0, 0.05) is 6.42 Å². The average Bonchev–Trinajstić information content (AvgIpc) is 2.07. The lowest BCUT2D eigenvalue weighted by atomic mass is 10.3. The lowest BCUT2D eigenvalue weighted by Crippen LogP contribution is -2.21. The fourth-order valence-electron chi connectivity index (χ4n) is 0.640. The number of alkyl halides is 6. The molecule has 0 saturated heterocycles. The summed E-state index contributed by atoms with van der Waals surface area (Å²) in [6.07, 6.45) is -11.2. The molecule has 0 bridgehead atoms. The van der Waals surface area contributed by atoms with Gasteiger partial charge in [-0.15, -0.1) is 0 Å². The highest BCUT2D eigenvalue weighted by molar-refractivity contribution is 5.89. The summed E-state index contributed by atoms with van der Waals surface area (Å²) in [5.41, 5.74) is -1.74. The van der Waals surface area contributed by atoms with Crippen molar-refractivity contribution >= 4 is 5.97 Å². The van der Waals surface area contributed by atoms with E-state index in [1.807, 2.05) is 0 Å². The van der Waals surface area contributed by atoms with Crippen molar-refractivity contribution in [1.82, 2.24) is 0 Å². The molecule has 0 fully saturated rings. The summed E-state index contributed by atoms with van der Waals surface area (Å²) >= 11 is 0. The maximum absolute atomic E-state index is 11.8. The molecule has 0 amide bonds. The van der Waals surface area contributed by atoms with Crippen LogP contribution in [0.4, 0.5) is 26.3 Å². The first-order valence-corrected chi connectivity index (χ1v) is 4.04. The van der Waals surface area contributed by atoms with Crippen molar-refractivity contribution in [2.75, 3.05) is 6.61 Å².